The summed E-state index contributed by atoms with van der Waals surface area (Å²) >= 11 is 1.45. The molecule has 1 aromatic carbocycles. The van der Waals surface area contributed by atoms with E-state index in [1.807, 2.05) is 70.7 Å². The number of likely N-dealkylation sites (tertiary alicyclic amines) is 1. The summed E-state index contributed by atoms with van der Waals surface area (Å²) in [5.41, 5.74) is 1.97. The van der Waals surface area contributed by atoms with Crippen molar-refractivity contribution < 1.29 is 9.59 Å². The first kappa shape index (κ1) is 19.4. The normalized spacial score (nSPS) is 16.6. The molecule has 6 nitrogen and oxygen atoms in total. The molecule has 1 saturated heterocycles. The maximum atomic E-state index is 13.0. The van der Waals surface area contributed by atoms with Gasteiger partial charge in [-0.3, -0.25) is 9.59 Å². The van der Waals surface area contributed by atoms with Gasteiger partial charge in [0.05, 0.1) is 22.7 Å². The molecule has 1 aliphatic rings. The quantitative estimate of drug-likeness (QED) is 0.650. The van der Waals surface area contributed by atoms with E-state index in [4.69, 9.17) is 0 Å². The molecule has 7 heteroatoms. The molecule has 0 saturated carbocycles. The molecule has 1 fully saturated rings. The summed E-state index contributed by atoms with van der Waals surface area (Å²) in [6.07, 6.45) is 5.42. The highest BCUT2D eigenvalue weighted by Crippen LogP contribution is 2.22. The maximum Gasteiger partial charge on any atom is 0.263 e. The molecule has 0 aliphatic carbocycles. The van der Waals surface area contributed by atoms with Gasteiger partial charge in [0.25, 0.3) is 5.91 Å². The fourth-order valence-corrected chi connectivity index (χ4v) is 4.44. The van der Waals surface area contributed by atoms with E-state index in [0.29, 0.717) is 19.6 Å². The molecule has 2 aromatic heterocycles. The Bertz CT molecular complexity index is 968. The molecule has 3 aromatic rings. The third-order valence-corrected chi connectivity index (χ3v) is 6.10. The van der Waals surface area contributed by atoms with E-state index in [-0.39, 0.29) is 17.7 Å². The topological polar surface area (TPSA) is 58.4 Å². The molecule has 2 amide bonds. The summed E-state index contributed by atoms with van der Waals surface area (Å²) in [4.78, 5) is 29.9. The standard InChI is InChI=1S/C22H24N4O2S/c1-24(14-17-13-23-26(15-17)19-8-3-2-4-9-19)21(27)18-7-5-11-25(16-18)22(28)20-10-6-12-29-20/h2-4,6,8-10,12-13,15,18H,5,7,11,14,16H2,1H3. The molecule has 150 valence electrons. The van der Waals surface area contributed by atoms with Crippen molar-refractivity contribution in [1.82, 2.24) is 19.6 Å². The zero-order valence-electron chi connectivity index (χ0n) is 16.4. The van der Waals surface area contributed by atoms with Gasteiger partial charge < -0.3 is 9.80 Å². The van der Waals surface area contributed by atoms with E-state index >= 15 is 0 Å². The third kappa shape index (κ3) is 4.40. The first-order valence-corrected chi connectivity index (χ1v) is 10.7. The van der Waals surface area contributed by atoms with Crippen LogP contribution in [0.15, 0.2) is 60.2 Å². The van der Waals surface area contributed by atoms with Crippen LogP contribution in [0, 0.1) is 5.92 Å². The zero-order chi connectivity index (χ0) is 20.2. The summed E-state index contributed by atoms with van der Waals surface area (Å²) in [6, 6.07) is 13.6. The number of para-hydroxylation sites is 1. The second-order valence-corrected chi connectivity index (χ2v) is 8.34. The highest BCUT2D eigenvalue weighted by Gasteiger charge is 2.31. The van der Waals surface area contributed by atoms with Crippen LogP contribution >= 0.6 is 11.3 Å². The van der Waals surface area contributed by atoms with E-state index in [9.17, 15) is 9.59 Å². The van der Waals surface area contributed by atoms with Crippen molar-refractivity contribution in [3.63, 3.8) is 0 Å². The van der Waals surface area contributed by atoms with Gasteiger partial charge in [0, 0.05) is 38.4 Å². The Morgan fingerprint density at radius 3 is 2.79 bits per heavy atom. The first-order chi connectivity index (χ1) is 14.1. The molecule has 1 unspecified atom stereocenters. The van der Waals surface area contributed by atoms with Gasteiger partial charge >= 0.3 is 0 Å². The van der Waals surface area contributed by atoms with Crippen LogP contribution in [0.1, 0.15) is 28.1 Å². The van der Waals surface area contributed by atoms with Crippen LogP contribution in [-0.2, 0) is 11.3 Å². The number of nitrogens with zero attached hydrogens (tertiary/aromatic N) is 4. The Labute approximate surface area is 174 Å². The number of hydrogen-bond acceptors (Lipinski definition) is 4. The summed E-state index contributed by atoms with van der Waals surface area (Å²) in [6.45, 7) is 1.71. The van der Waals surface area contributed by atoms with Crippen molar-refractivity contribution in [2.45, 2.75) is 19.4 Å². The van der Waals surface area contributed by atoms with Crippen molar-refractivity contribution in [2.75, 3.05) is 20.1 Å². The van der Waals surface area contributed by atoms with E-state index < -0.39 is 0 Å². The first-order valence-electron chi connectivity index (χ1n) is 9.78. The minimum absolute atomic E-state index is 0.0318. The second-order valence-electron chi connectivity index (χ2n) is 7.39. The van der Waals surface area contributed by atoms with Gasteiger partial charge in [0.15, 0.2) is 0 Å². The molecular weight excluding hydrogens is 384 g/mol. The van der Waals surface area contributed by atoms with Gasteiger partial charge in [-0.25, -0.2) is 4.68 Å². The number of piperidine rings is 1. The molecule has 0 bridgehead atoms. The average Bonchev–Trinajstić information content (AvgIpc) is 3.46. The van der Waals surface area contributed by atoms with Gasteiger partial charge in [-0.05, 0) is 36.4 Å². The summed E-state index contributed by atoms with van der Waals surface area (Å²) in [5, 5.41) is 6.31. The number of carbonyl (C=O) groups excluding carboxylic acids is 2. The van der Waals surface area contributed by atoms with E-state index in [2.05, 4.69) is 5.10 Å². The highest BCUT2D eigenvalue weighted by atomic mass is 32.1. The molecule has 3 heterocycles. The largest absolute Gasteiger partial charge is 0.341 e. The maximum absolute atomic E-state index is 13.0. The molecule has 29 heavy (non-hydrogen) atoms. The third-order valence-electron chi connectivity index (χ3n) is 5.24. The molecular formula is C22H24N4O2S. The minimum atomic E-state index is -0.151. The number of aromatic nitrogens is 2. The summed E-state index contributed by atoms with van der Waals surface area (Å²) in [5.74, 6) is -0.0349. The lowest BCUT2D eigenvalue weighted by Crippen LogP contribution is -2.45. The lowest BCUT2D eigenvalue weighted by Gasteiger charge is -2.33. The van der Waals surface area contributed by atoms with Crippen LogP contribution in [0.4, 0.5) is 0 Å². The van der Waals surface area contributed by atoms with Crippen molar-refractivity contribution in [3.8, 4) is 5.69 Å². The molecule has 1 atom stereocenters. The van der Waals surface area contributed by atoms with Crippen molar-refractivity contribution in [1.29, 1.82) is 0 Å². The Hall–Kier alpha value is -2.93. The van der Waals surface area contributed by atoms with Crippen LogP contribution in [0.3, 0.4) is 0 Å². The lowest BCUT2D eigenvalue weighted by molar-refractivity contribution is -0.136. The number of hydrogen-bond donors (Lipinski definition) is 0. The number of thiophene rings is 1. The number of rotatable bonds is 5. The van der Waals surface area contributed by atoms with Crippen LogP contribution < -0.4 is 0 Å². The van der Waals surface area contributed by atoms with Gasteiger partial charge in [-0.15, -0.1) is 11.3 Å². The Morgan fingerprint density at radius 1 is 1.21 bits per heavy atom. The SMILES string of the molecule is CN(Cc1cnn(-c2ccccc2)c1)C(=O)C1CCCN(C(=O)c2cccs2)C1. The fourth-order valence-electron chi connectivity index (χ4n) is 3.75. The van der Waals surface area contributed by atoms with Crippen LogP contribution in [-0.4, -0.2) is 51.5 Å². The van der Waals surface area contributed by atoms with Crippen LogP contribution in [0.2, 0.25) is 0 Å². The average molecular weight is 409 g/mol. The summed E-state index contributed by atoms with van der Waals surface area (Å²) in [7, 11) is 1.82. The van der Waals surface area contributed by atoms with Crippen molar-refractivity contribution >= 4 is 23.2 Å². The van der Waals surface area contributed by atoms with Crippen molar-refractivity contribution in [3.05, 3.63) is 70.7 Å². The van der Waals surface area contributed by atoms with Gasteiger partial charge in [-0.2, -0.15) is 5.10 Å². The molecule has 4 rings (SSSR count). The smallest absolute Gasteiger partial charge is 0.263 e. The monoisotopic (exact) mass is 408 g/mol. The molecule has 1 aliphatic heterocycles. The van der Waals surface area contributed by atoms with Crippen LogP contribution in [0.5, 0.6) is 0 Å². The summed E-state index contributed by atoms with van der Waals surface area (Å²) < 4.78 is 1.82. The molecule has 0 radical (unpaired) electrons. The van der Waals surface area contributed by atoms with Crippen molar-refractivity contribution in [2.24, 2.45) is 5.92 Å². The van der Waals surface area contributed by atoms with Gasteiger partial charge in [-0.1, -0.05) is 24.3 Å². The highest BCUT2D eigenvalue weighted by molar-refractivity contribution is 7.12. The van der Waals surface area contributed by atoms with E-state index in [1.165, 1.54) is 11.3 Å². The van der Waals surface area contributed by atoms with Crippen LogP contribution in [0.25, 0.3) is 5.69 Å². The predicted molar refractivity (Wildman–Crippen MR) is 113 cm³/mol. The Morgan fingerprint density at radius 2 is 2.03 bits per heavy atom. The number of benzene rings is 1. The number of amides is 2. The Kier molecular flexibility index (Phi) is 5.76. The van der Waals surface area contributed by atoms with Gasteiger partial charge in [0.2, 0.25) is 5.91 Å². The van der Waals surface area contributed by atoms with E-state index in [0.717, 1.165) is 29.0 Å². The molecule has 0 N–H and O–H groups in total. The second kappa shape index (κ2) is 8.61. The zero-order valence-corrected chi connectivity index (χ0v) is 17.2. The minimum Gasteiger partial charge on any atom is -0.341 e. The van der Waals surface area contributed by atoms with E-state index in [1.54, 1.807) is 11.1 Å². The number of carbonyl (C=O) groups is 2. The fraction of sp³-hybridized carbons (Fsp3) is 0.318. The molecule has 0 spiro atoms. The predicted octanol–water partition coefficient (Wildman–Crippen LogP) is 3.44. The lowest BCUT2D eigenvalue weighted by atomic mass is 9.96. The Balaban J connectivity index is 1.37. The van der Waals surface area contributed by atoms with Gasteiger partial charge in [0.1, 0.15) is 0 Å².